The normalized spacial score (nSPS) is 11.3. The van der Waals surface area contributed by atoms with Crippen molar-refractivity contribution in [2.75, 3.05) is 0 Å². The van der Waals surface area contributed by atoms with E-state index >= 15 is 0 Å². The van der Waals surface area contributed by atoms with E-state index in [4.69, 9.17) is 11.6 Å². The van der Waals surface area contributed by atoms with E-state index in [1.807, 2.05) is 24.3 Å². The third-order valence-corrected chi connectivity index (χ3v) is 2.08. The van der Waals surface area contributed by atoms with Gasteiger partial charge in [-0.1, -0.05) is 48.0 Å². The smallest absolute Gasteiger partial charge is 0.179 e. The standard InChI is InChI=1S/C13H13ClO/c14-11-10-13(15)9-5-4-8-12-6-2-1-3-7-12/h1-3,5-7,9-11H,4,8H2/b9-5+,11-10+. The fraction of sp³-hybridized carbons (Fsp3) is 0.154. The molecule has 0 radical (unpaired) electrons. The second-order valence-corrected chi connectivity index (χ2v) is 3.37. The molecule has 0 N–H and O–H groups in total. The van der Waals surface area contributed by atoms with Gasteiger partial charge in [-0.3, -0.25) is 4.79 Å². The van der Waals surface area contributed by atoms with Crippen LogP contribution in [0.1, 0.15) is 12.0 Å². The van der Waals surface area contributed by atoms with Crippen LogP contribution in [0.4, 0.5) is 0 Å². The lowest BCUT2D eigenvalue weighted by Crippen LogP contribution is -1.85. The summed E-state index contributed by atoms with van der Waals surface area (Å²) in [6.07, 6.45) is 6.57. The Morgan fingerprint density at radius 1 is 1.20 bits per heavy atom. The van der Waals surface area contributed by atoms with Crippen molar-refractivity contribution in [3.63, 3.8) is 0 Å². The molecule has 0 saturated carbocycles. The van der Waals surface area contributed by atoms with Gasteiger partial charge in [0, 0.05) is 5.54 Å². The number of hydrogen-bond donors (Lipinski definition) is 0. The number of halogens is 1. The van der Waals surface area contributed by atoms with Gasteiger partial charge in [0.25, 0.3) is 0 Å². The Balaban J connectivity index is 2.30. The maximum absolute atomic E-state index is 11.0. The summed E-state index contributed by atoms with van der Waals surface area (Å²) < 4.78 is 0. The highest BCUT2D eigenvalue weighted by atomic mass is 35.5. The van der Waals surface area contributed by atoms with Crippen LogP contribution < -0.4 is 0 Å². The summed E-state index contributed by atoms with van der Waals surface area (Å²) in [7, 11) is 0. The fourth-order valence-electron chi connectivity index (χ4n) is 1.21. The fourth-order valence-corrected chi connectivity index (χ4v) is 1.34. The zero-order chi connectivity index (χ0) is 10.9. The summed E-state index contributed by atoms with van der Waals surface area (Å²) in [5, 5.41) is 0. The van der Waals surface area contributed by atoms with Crippen molar-refractivity contribution in [2.24, 2.45) is 0 Å². The summed E-state index contributed by atoms with van der Waals surface area (Å²) in [4.78, 5) is 11.0. The van der Waals surface area contributed by atoms with E-state index in [0.717, 1.165) is 12.8 Å². The molecule has 1 aromatic carbocycles. The molecule has 0 aliphatic carbocycles. The van der Waals surface area contributed by atoms with Crippen molar-refractivity contribution in [3.8, 4) is 0 Å². The molecule has 0 aliphatic rings. The van der Waals surface area contributed by atoms with Crippen molar-refractivity contribution in [3.05, 3.63) is 59.7 Å². The molecule has 0 aliphatic heterocycles. The Morgan fingerprint density at radius 3 is 2.60 bits per heavy atom. The molecule has 2 heteroatoms. The number of allylic oxidation sites excluding steroid dienone is 3. The first-order valence-electron chi connectivity index (χ1n) is 4.84. The number of carbonyl (C=O) groups excluding carboxylic acids is 1. The van der Waals surface area contributed by atoms with Crippen LogP contribution in [0.15, 0.2) is 54.1 Å². The van der Waals surface area contributed by atoms with E-state index in [2.05, 4.69) is 12.1 Å². The molecule has 0 amide bonds. The summed E-state index contributed by atoms with van der Waals surface area (Å²) in [6.45, 7) is 0. The number of ketones is 1. The van der Waals surface area contributed by atoms with Gasteiger partial charge in [-0.2, -0.15) is 0 Å². The highest BCUT2D eigenvalue weighted by Crippen LogP contribution is 2.02. The van der Waals surface area contributed by atoms with E-state index in [1.165, 1.54) is 17.2 Å². The molecule has 0 bridgehead atoms. The van der Waals surface area contributed by atoms with Gasteiger partial charge in [-0.15, -0.1) is 0 Å². The second kappa shape index (κ2) is 7.02. The lowest BCUT2D eigenvalue weighted by atomic mass is 10.1. The van der Waals surface area contributed by atoms with Gasteiger partial charge < -0.3 is 0 Å². The number of rotatable bonds is 5. The van der Waals surface area contributed by atoms with Gasteiger partial charge in [0.1, 0.15) is 0 Å². The lowest BCUT2D eigenvalue weighted by molar-refractivity contribution is -0.110. The van der Waals surface area contributed by atoms with Gasteiger partial charge in [0.05, 0.1) is 0 Å². The minimum Gasteiger partial charge on any atom is -0.290 e. The van der Waals surface area contributed by atoms with Crippen LogP contribution in [0.2, 0.25) is 0 Å². The van der Waals surface area contributed by atoms with Crippen molar-refractivity contribution in [1.29, 1.82) is 0 Å². The topological polar surface area (TPSA) is 17.1 Å². The van der Waals surface area contributed by atoms with E-state index in [1.54, 1.807) is 6.08 Å². The Kier molecular flexibility index (Phi) is 5.49. The zero-order valence-corrected chi connectivity index (χ0v) is 9.15. The summed E-state index contributed by atoms with van der Waals surface area (Å²) in [6, 6.07) is 10.2. The molecule has 78 valence electrons. The van der Waals surface area contributed by atoms with Gasteiger partial charge in [0.2, 0.25) is 0 Å². The van der Waals surface area contributed by atoms with Crippen LogP contribution in [0.5, 0.6) is 0 Å². The molecule has 0 fully saturated rings. The first kappa shape index (κ1) is 11.7. The molecule has 0 atom stereocenters. The van der Waals surface area contributed by atoms with E-state index in [0.29, 0.717) is 0 Å². The maximum Gasteiger partial charge on any atom is 0.179 e. The van der Waals surface area contributed by atoms with E-state index in [-0.39, 0.29) is 5.78 Å². The second-order valence-electron chi connectivity index (χ2n) is 3.12. The third-order valence-electron chi connectivity index (χ3n) is 1.95. The van der Waals surface area contributed by atoms with Crippen LogP contribution in [0, 0.1) is 0 Å². The minimum absolute atomic E-state index is 0.0712. The molecular formula is C13H13ClO. The van der Waals surface area contributed by atoms with E-state index in [9.17, 15) is 4.79 Å². The molecular weight excluding hydrogens is 208 g/mol. The van der Waals surface area contributed by atoms with Crippen molar-refractivity contribution < 1.29 is 4.79 Å². The van der Waals surface area contributed by atoms with Crippen molar-refractivity contribution in [1.82, 2.24) is 0 Å². The van der Waals surface area contributed by atoms with Gasteiger partial charge in [0.15, 0.2) is 5.78 Å². The number of aryl methyl sites for hydroxylation is 1. The lowest BCUT2D eigenvalue weighted by Gasteiger charge is -1.95. The zero-order valence-electron chi connectivity index (χ0n) is 8.40. The quantitative estimate of drug-likeness (QED) is 0.695. The van der Waals surface area contributed by atoms with Gasteiger partial charge in [-0.25, -0.2) is 0 Å². The summed E-state index contributed by atoms with van der Waals surface area (Å²) in [5.74, 6) is -0.0712. The molecule has 0 heterocycles. The first-order valence-corrected chi connectivity index (χ1v) is 5.28. The first-order chi connectivity index (χ1) is 7.33. The largest absolute Gasteiger partial charge is 0.290 e. The van der Waals surface area contributed by atoms with Crippen LogP contribution in [0.3, 0.4) is 0 Å². The Hall–Kier alpha value is -1.34. The van der Waals surface area contributed by atoms with Crippen LogP contribution in [0.25, 0.3) is 0 Å². The van der Waals surface area contributed by atoms with Gasteiger partial charge in [-0.05, 0) is 30.6 Å². The average molecular weight is 221 g/mol. The summed E-state index contributed by atoms with van der Waals surface area (Å²) >= 11 is 5.27. The van der Waals surface area contributed by atoms with Crippen LogP contribution in [-0.2, 0) is 11.2 Å². The number of hydrogen-bond acceptors (Lipinski definition) is 1. The highest BCUT2D eigenvalue weighted by molar-refractivity contribution is 6.27. The molecule has 15 heavy (non-hydrogen) atoms. The van der Waals surface area contributed by atoms with Crippen LogP contribution >= 0.6 is 11.6 Å². The van der Waals surface area contributed by atoms with Crippen molar-refractivity contribution >= 4 is 17.4 Å². The number of carbonyl (C=O) groups is 1. The molecule has 1 aromatic rings. The Labute approximate surface area is 95.1 Å². The van der Waals surface area contributed by atoms with Gasteiger partial charge >= 0.3 is 0 Å². The molecule has 0 aromatic heterocycles. The number of benzene rings is 1. The molecule has 1 rings (SSSR count). The summed E-state index contributed by atoms with van der Waals surface area (Å²) in [5.41, 5.74) is 2.51. The molecule has 0 saturated heterocycles. The molecule has 0 unspecified atom stereocenters. The predicted octanol–water partition coefficient (Wildman–Crippen LogP) is 3.50. The Bertz CT molecular complexity index is 352. The monoisotopic (exact) mass is 220 g/mol. The maximum atomic E-state index is 11.0. The molecule has 0 spiro atoms. The predicted molar refractivity (Wildman–Crippen MR) is 63.9 cm³/mol. The van der Waals surface area contributed by atoms with Crippen molar-refractivity contribution in [2.45, 2.75) is 12.8 Å². The molecule has 1 nitrogen and oxygen atoms in total. The Morgan fingerprint density at radius 2 is 1.93 bits per heavy atom. The third kappa shape index (κ3) is 5.18. The van der Waals surface area contributed by atoms with Crippen LogP contribution in [-0.4, -0.2) is 5.78 Å². The highest BCUT2D eigenvalue weighted by Gasteiger charge is 1.89. The van der Waals surface area contributed by atoms with E-state index < -0.39 is 0 Å². The average Bonchev–Trinajstić information content (AvgIpc) is 2.26. The minimum atomic E-state index is -0.0712. The SMILES string of the molecule is O=C(/C=C/Cl)/C=C/CCc1ccccc1.